The number of fused-ring (bicyclic) bond motifs is 1. The van der Waals surface area contributed by atoms with Gasteiger partial charge in [0.05, 0.1) is 0 Å². The Morgan fingerprint density at radius 1 is 1.40 bits per heavy atom. The van der Waals surface area contributed by atoms with Gasteiger partial charge in [-0.3, -0.25) is 0 Å². The van der Waals surface area contributed by atoms with E-state index in [0.29, 0.717) is 5.92 Å². The largest absolute Gasteiger partial charge is 0.487 e. The van der Waals surface area contributed by atoms with E-state index in [1.807, 2.05) is 0 Å². The van der Waals surface area contributed by atoms with Crippen molar-refractivity contribution in [3.05, 3.63) is 29.6 Å². The van der Waals surface area contributed by atoms with Crippen LogP contribution in [0.3, 0.4) is 0 Å². The van der Waals surface area contributed by atoms with E-state index < -0.39 is 0 Å². The third kappa shape index (κ3) is 2.32. The second-order valence-corrected chi connectivity index (χ2v) is 6.31. The van der Waals surface area contributed by atoms with Crippen LogP contribution in [0.5, 0.6) is 5.75 Å². The van der Waals surface area contributed by atoms with Crippen LogP contribution >= 0.6 is 0 Å². The number of rotatable bonds is 2. The fourth-order valence-corrected chi connectivity index (χ4v) is 3.87. The highest BCUT2D eigenvalue weighted by Crippen LogP contribution is 2.48. The van der Waals surface area contributed by atoms with Gasteiger partial charge in [-0.15, -0.1) is 0 Å². The number of nitrogens with one attached hydrogen (secondary N) is 1. The van der Waals surface area contributed by atoms with E-state index in [0.717, 1.165) is 30.7 Å². The average Bonchev–Trinajstić information content (AvgIpc) is 2.44. The Hall–Kier alpha value is -1.09. The van der Waals surface area contributed by atoms with Gasteiger partial charge in [-0.05, 0) is 49.9 Å². The first kappa shape index (κ1) is 13.9. The smallest absolute Gasteiger partial charge is 0.125 e. The first-order chi connectivity index (χ1) is 9.64. The van der Waals surface area contributed by atoms with E-state index in [1.54, 1.807) is 12.1 Å². The molecule has 0 saturated heterocycles. The van der Waals surface area contributed by atoms with Crippen LogP contribution in [0.15, 0.2) is 18.2 Å². The van der Waals surface area contributed by atoms with E-state index in [4.69, 9.17) is 4.74 Å². The molecule has 3 heteroatoms. The number of halogens is 1. The summed E-state index contributed by atoms with van der Waals surface area (Å²) >= 11 is 0. The Kier molecular flexibility index (Phi) is 3.72. The fourth-order valence-electron chi connectivity index (χ4n) is 3.87. The lowest BCUT2D eigenvalue weighted by Gasteiger charge is -2.48. The van der Waals surface area contributed by atoms with Gasteiger partial charge in [0.2, 0.25) is 0 Å². The molecule has 1 aliphatic carbocycles. The van der Waals surface area contributed by atoms with E-state index in [2.05, 4.69) is 19.2 Å². The first-order valence-corrected chi connectivity index (χ1v) is 7.86. The quantitative estimate of drug-likeness (QED) is 0.874. The standard InChI is InChI=1S/C17H24FNO/c1-3-19-15-11-17(9-5-4-6-12(17)2)20-16-8-7-13(18)10-14(15)16/h7-8,10,12,15,19H,3-6,9,11H2,1-2H3. The summed E-state index contributed by atoms with van der Waals surface area (Å²) in [5, 5.41) is 3.51. The molecule has 1 heterocycles. The van der Waals surface area contributed by atoms with Crippen LogP contribution in [0, 0.1) is 11.7 Å². The van der Waals surface area contributed by atoms with Crippen molar-refractivity contribution in [2.45, 2.75) is 57.6 Å². The third-order valence-corrected chi connectivity index (χ3v) is 5.05. The van der Waals surface area contributed by atoms with Crippen LogP contribution in [-0.2, 0) is 0 Å². The topological polar surface area (TPSA) is 21.3 Å². The van der Waals surface area contributed by atoms with Crippen molar-refractivity contribution in [3.63, 3.8) is 0 Å². The normalized spacial score (nSPS) is 32.8. The molecular formula is C17H24FNO. The van der Waals surface area contributed by atoms with Crippen molar-refractivity contribution in [3.8, 4) is 5.75 Å². The number of benzene rings is 1. The van der Waals surface area contributed by atoms with Crippen LogP contribution in [-0.4, -0.2) is 12.1 Å². The summed E-state index contributed by atoms with van der Waals surface area (Å²) in [6, 6.07) is 5.15. The second kappa shape index (κ2) is 5.36. The molecule has 0 radical (unpaired) electrons. The molecule has 1 aromatic carbocycles. The van der Waals surface area contributed by atoms with Crippen molar-refractivity contribution in [2.75, 3.05) is 6.54 Å². The average molecular weight is 277 g/mol. The maximum atomic E-state index is 13.5. The van der Waals surface area contributed by atoms with E-state index in [9.17, 15) is 4.39 Å². The molecule has 0 aromatic heterocycles. The molecule has 1 N–H and O–H groups in total. The Morgan fingerprint density at radius 2 is 2.25 bits per heavy atom. The summed E-state index contributed by atoms with van der Waals surface area (Å²) in [4.78, 5) is 0. The molecular weight excluding hydrogens is 253 g/mol. The highest BCUT2D eigenvalue weighted by atomic mass is 19.1. The van der Waals surface area contributed by atoms with Crippen molar-refractivity contribution in [1.82, 2.24) is 5.32 Å². The molecule has 1 fully saturated rings. The van der Waals surface area contributed by atoms with Crippen LogP contribution < -0.4 is 10.1 Å². The first-order valence-electron chi connectivity index (χ1n) is 7.86. The number of ether oxygens (including phenoxy) is 1. The van der Waals surface area contributed by atoms with Crippen molar-refractivity contribution >= 4 is 0 Å². The maximum absolute atomic E-state index is 13.5. The summed E-state index contributed by atoms with van der Waals surface area (Å²) in [5.41, 5.74) is 0.922. The van der Waals surface area contributed by atoms with Gasteiger partial charge in [0, 0.05) is 18.0 Å². The fraction of sp³-hybridized carbons (Fsp3) is 0.647. The van der Waals surface area contributed by atoms with Gasteiger partial charge in [0.25, 0.3) is 0 Å². The molecule has 2 nitrogen and oxygen atoms in total. The molecule has 20 heavy (non-hydrogen) atoms. The summed E-state index contributed by atoms with van der Waals surface area (Å²) in [6.45, 7) is 5.30. The zero-order valence-corrected chi connectivity index (χ0v) is 12.4. The monoisotopic (exact) mass is 277 g/mol. The van der Waals surface area contributed by atoms with Gasteiger partial charge in [-0.2, -0.15) is 0 Å². The number of hydrogen-bond donors (Lipinski definition) is 1. The number of hydrogen-bond acceptors (Lipinski definition) is 2. The van der Waals surface area contributed by atoms with Gasteiger partial charge < -0.3 is 10.1 Å². The molecule has 3 atom stereocenters. The van der Waals surface area contributed by atoms with Gasteiger partial charge in [0.15, 0.2) is 0 Å². The van der Waals surface area contributed by atoms with Crippen molar-refractivity contribution in [1.29, 1.82) is 0 Å². The van der Waals surface area contributed by atoms with Gasteiger partial charge in [0.1, 0.15) is 17.2 Å². The summed E-state index contributed by atoms with van der Waals surface area (Å²) in [5.74, 6) is 1.26. The maximum Gasteiger partial charge on any atom is 0.125 e. The SMILES string of the molecule is CCNC1CC2(CCCCC2C)Oc2ccc(F)cc21. The predicted octanol–water partition coefficient (Wildman–Crippen LogP) is 4.21. The van der Waals surface area contributed by atoms with E-state index >= 15 is 0 Å². The third-order valence-electron chi connectivity index (χ3n) is 5.05. The minimum absolute atomic E-state index is 0.0596. The summed E-state index contributed by atoms with van der Waals surface area (Å²) < 4.78 is 19.9. The van der Waals surface area contributed by atoms with Crippen LogP contribution in [0.2, 0.25) is 0 Å². The zero-order chi connectivity index (χ0) is 14.2. The molecule has 0 bridgehead atoms. The lowest BCUT2D eigenvalue weighted by Crippen LogP contribution is -2.50. The molecule has 3 rings (SSSR count). The molecule has 2 aliphatic rings. The molecule has 1 saturated carbocycles. The predicted molar refractivity (Wildman–Crippen MR) is 78.4 cm³/mol. The van der Waals surface area contributed by atoms with Crippen LogP contribution in [0.25, 0.3) is 0 Å². The van der Waals surface area contributed by atoms with Gasteiger partial charge >= 0.3 is 0 Å². The molecule has 110 valence electrons. The zero-order valence-electron chi connectivity index (χ0n) is 12.4. The van der Waals surface area contributed by atoms with Gasteiger partial charge in [-0.25, -0.2) is 4.39 Å². The Balaban J connectivity index is 1.98. The van der Waals surface area contributed by atoms with Crippen molar-refractivity contribution < 1.29 is 9.13 Å². The highest BCUT2D eigenvalue weighted by molar-refractivity contribution is 5.39. The van der Waals surface area contributed by atoms with Crippen LogP contribution in [0.4, 0.5) is 4.39 Å². The Bertz CT molecular complexity index is 490. The molecule has 0 amide bonds. The molecule has 1 aromatic rings. The summed E-state index contributed by atoms with van der Waals surface area (Å²) in [7, 11) is 0. The second-order valence-electron chi connectivity index (χ2n) is 6.31. The van der Waals surface area contributed by atoms with Crippen molar-refractivity contribution in [2.24, 2.45) is 5.92 Å². The summed E-state index contributed by atoms with van der Waals surface area (Å²) in [6.07, 6.45) is 5.84. The minimum atomic E-state index is -0.178. The van der Waals surface area contributed by atoms with E-state index in [-0.39, 0.29) is 17.5 Å². The lowest BCUT2D eigenvalue weighted by molar-refractivity contribution is -0.0443. The lowest BCUT2D eigenvalue weighted by atomic mass is 9.70. The Morgan fingerprint density at radius 3 is 3.00 bits per heavy atom. The Labute approximate surface area is 120 Å². The minimum Gasteiger partial charge on any atom is -0.487 e. The molecule has 1 spiro atoms. The van der Waals surface area contributed by atoms with Crippen LogP contribution in [0.1, 0.15) is 57.6 Å². The van der Waals surface area contributed by atoms with Gasteiger partial charge in [-0.1, -0.05) is 20.3 Å². The van der Waals surface area contributed by atoms with E-state index in [1.165, 1.54) is 25.3 Å². The highest BCUT2D eigenvalue weighted by Gasteiger charge is 2.45. The molecule has 3 unspecified atom stereocenters. The molecule has 1 aliphatic heterocycles.